The fourth-order valence-electron chi connectivity index (χ4n) is 2.44. The molecule has 1 aliphatic rings. The van der Waals surface area contributed by atoms with Crippen LogP contribution in [0.4, 0.5) is 10.8 Å². The SMILES string of the molecule is CCCS(=O)(=O)c1c(N)nsc1N1CCC(C)(C)C1. The average Bonchev–Trinajstić information content (AvgIpc) is 2.81. The number of nitrogens with two attached hydrogens (primary N) is 1. The quantitative estimate of drug-likeness (QED) is 0.922. The monoisotopic (exact) mass is 303 g/mol. The second kappa shape index (κ2) is 4.94. The highest BCUT2D eigenvalue weighted by Gasteiger charge is 2.35. The van der Waals surface area contributed by atoms with Gasteiger partial charge in [-0.3, -0.25) is 0 Å². The van der Waals surface area contributed by atoms with Crippen molar-refractivity contribution in [2.75, 3.05) is 29.5 Å². The Morgan fingerprint density at radius 3 is 2.68 bits per heavy atom. The van der Waals surface area contributed by atoms with E-state index in [1.165, 1.54) is 11.5 Å². The lowest BCUT2D eigenvalue weighted by atomic mass is 9.93. The van der Waals surface area contributed by atoms with Crippen LogP contribution in [0.1, 0.15) is 33.6 Å². The molecular formula is C12H21N3O2S2. The van der Waals surface area contributed by atoms with Crippen LogP contribution in [0, 0.1) is 5.41 Å². The average molecular weight is 303 g/mol. The smallest absolute Gasteiger partial charge is 0.185 e. The van der Waals surface area contributed by atoms with E-state index in [2.05, 4.69) is 23.1 Å². The minimum absolute atomic E-state index is 0.125. The zero-order valence-corrected chi connectivity index (χ0v) is 13.3. The summed E-state index contributed by atoms with van der Waals surface area (Å²) in [4.78, 5) is 2.35. The Bertz CT molecular complexity index is 564. The maximum absolute atomic E-state index is 12.3. The molecule has 1 saturated heterocycles. The summed E-state index contributed by atoms with van der Waals surface area (Å²) in [5.41, 5.74) is 6.00. The lowest BCUT2D eigenvalue weighted by Gasteiger charge is -2.20. The predicted molar refractivity (Wildman–Crippen MR) is 79.5 cm³/mol. The van der Waals surface area contributed by atoms with E-state index in [0.717, 1.165) is 24.5 Å². The fourth-order valence-corrected chi connectivity index (χ4v) is 5.22. The molecule has 2 N–H and O–H groups in total. The third-order valence-electron chi connectivity index (χ3n) is 3.41. The van der Waals surface area contributed by atoms with Gasteiger partial charge < -0.3 is 10.6 Å². The minimum atomic E-state index is -3.32. The van der Waals surface area contributed by atoms with Crippen LogP contribution in [-0.2, 0) is 9.84 Å². The lowest BCUT2D eigenvalue weighted by Crippen LogP contribution is -2.24. The van der Waals surface area contributed by atoms with Gasteiger partial charge in [-0.1, -0.05) is 20.8 Å². The standard InChI is InChI=1S/C12H21N3O2S2/c1-4-7-19(16,17)9-10(13)14-18-11(9)15-6-5-12(2,3)8-15/h4-8H2,1-3H3,(H2,13,14). The van der Waals surface area contributed by atoms with Crippen molar-refractivity contribution in [3.05, 3.63) is 0 Å². The molecule has 108 valence electrons. The van der Waals surface area contributed by atoms with E-state index in [0.29, 0.717) is 6.42 Å². The zero-order valence-electron chi connectivity index (χ0n) is 11.6. The van der Waals surface area contributed by atoms with Gasteiger partial charge in [-0.15, -0.1) is 0 Å². The lowest BCUT2D eigenvalue weighted by molar-refractivity contribution is 0.418. The summed E-state index contributed by atoms with van der Waals surface area (Å²) in [6.45, 7) is 7.95. The Balaban J connectivity index is 2.39. The first-order valence-corrected chi connectivity index (χ1v) is 8.92. The summed E-state index contributed by atoms with van der Waals surface area (Å²) in [5, 5.41) is 0.719. The summed E-state index contributed by atoms with van der Waals surface area (Å²) < 4.78 is 28.7. The molecule has 0 saturated carbocycles. The molecule has 1 aliphatic heterocycles. The molecule has 0 atom stereocenters. The topological polar surface area (TPSA) is 76.3 Å². The molecule has 1 aromatic heterocycles. The third-order valence-corrected chi connectivity index (χ3v) is 6.43. The van der Waals surface area contributed by atoms with Crippen molar-refractivity contribution in [1.29, 1.82) is 0 Å². The van der Waals surface area contributed by atoms with Gasteiger partial charge in [-0.05, 0) is 29.8 Å². The number of sulfone groups is 1. The molecule has 5 nitrogen and oxygen atoms in total. The summed E-state index contributed by atoms with van der Waals surface area (Å²) in [6.07, 6.45) is 1.64. The number of hydrogen-bond donors (Lipinski definition) is 1. The molecule has 2 rings (SSSR count). The Morgan fingerprint density at radius 2 is 2.16 bits per heavy atom. The van der Waals surface area contributed by atoms with Crippen molar-refractivity contribution in [2.24, 2.45) is 5.41 Å². The summed E-state index contributed by atoms with van der Waals surface area (Å²) >= 11 is 1.20. The molecule has 0 bridgehead atoms. The number of hydrogen-bond acceptors (Lipinski definition) is 6. The highest BCUT2D eigenvalue weighted by atomic mass is 32.2. The van der Waals surface area contributed by atoms with Gasteiger partial charge in [0.05, 0.1) is 5.75 Å². The first-order chi connectivity index (χ1) is 8.77. The molecule has 1 aromatic rings. The molecule has 1 fully saturated rings. The van der Waals surface area contributed by atoms with Gasteiger partial charge in [0.2, 0.25) is 0 Å². The van der Waals surface area contributed by atoms with E-state index < -0.39 is 9.84 Å². The molecule has 2 heterocycles. The van der Waals surface area contributed by atoms with Gasteiger partial charge in [0.15, 0.2) is 15.7 Å². The van der Waals surface area contributed by atoms with Crippen molar-refractivity contribution in [1.82, 2.24) is 4.37 Å². The van der Waals surface area contributed by atoms with Crippen LogP contribution < -0.4 is 10.6 Å². The molecule has 19 heavy (non-hydrogen) atoms. The van der Waals surface area contributed by atoms with E-state index >= 15 is 0 Å². The fraction of sp³-hybridized carbons (Fsp3) is 0.750. The molecule has 0 aliphatic carbocycles. The van der Waals surface area contributed by atoms with Gasteiger partial charge >= 0.3 is 0 Å². The van der Waals surface area contributed by atoms with Crippen LogP contribution in [0.2, 0.25) is 0 Å². The molecule has 0 aromatic carbocycles. The van der Waals surface area contributed by atoms with E-state index in [-0.39, 0.29) is 21.9 Å². The largest absolute Gasteiger partial charge is 0.382 e. The van der Waals surface area contributed by atoms with E-state index in [4.69, 9.17) is 5.73 Å². The maximum atomic E-state index is 12.3. The Morgan fingerprint density at radius 1 is 1.47 bits per heavy atom. The van der Waals surface area contributed by atoms with Crippen molar-refractivity contribution in [2.45, 2.75) is 38.5 Å². The molecule has 7 heteroatoms. The third kappa shape index (κ3) is 2.86. The number of nitrogens with zero attached hydrogens (tertiary/aromatic N) is 2. The van der Waals surface area contributed by atoms with Gasteiger partial charge in [0, 0.05) is 13.1 Å². The summed E-state index contributed by atoms with van der Waals surface area (Å²) in [7, 11) is -3.32. The first-order valence-electron chi connectivity index (χ1n) is 6.50. The number of rotatable bonds is 4. The van der Waals surface area contributed by atoms with Gasteiger partial charge in [-0.25, -0.2) is 8.42 Å². The predicted octanol–water partition coefficient (Wildman–Crippen LogP) is 2.15. The molecular weight excluding hydrogens is 282 g/mol. The normalized spacial score (nSPS) is 19.0. The second-order valence-corrected chi connectivity index (χ2v) is 8.65. The van der Waals surface area contributed by atoms with Crippen LogP contribution in [0.5, 0.6) is 0 Å². The second-order valence-electron chi connectivity index (χ2n) is 5.86. The van der Waals surface area contributed by atoms with Crippen LogP contribution in [0.3, 0.4) is 0 Å². The molecule has 0 spiro atoms. The van der Waals surface area contributed by atoms with E-state index in [9.17, 15) is 8.42 Å². The van der Waals surface area contributed by atoms with Gasteiger partial charge in [0.1, 0.15) is 9.90 Å². The number of aromatic nitrogens is 1. The van der Waals surface area contributed by atoms with Gasteiger partial charge in [-0.2, -0.15) is 4.37 Å². The Kier molecular flexibility index (Phi) is 3.79. The van der Waals surface area contributed by atoms with E-state index in [1.54, 1.807) is 0 Å². The highest BCUT2D eigenvalue weighted by Crippen LogP contribution is 2.40. The van der Waals surface area contributed by atoms with Crippen LogP contribution >= 0.6 is 11.5 Å². The van der Waals surface area contributed by atoms with Crippen LogP contribution in [0.25, 0.3) is 0 Å². The van der Waals surface area contributed by atoms with E-state index in [1.807, 2.05) is 6.92 Å². The molecule has 0 amide bonds. The van der Waals surface area contributed by atoms with Crippen molar-refractivity contribution in [3.63, 3.8) is 0 Å². The highest BCUT2D eigenvalue weighted by molar-refractivity contribution is 7.91. The Labute approximate surface area is 118 Å². The van der Waals surface area contributed by atoms with Crippen molar-refractivity contribution in [3.8, 4) is 0 Å². The number of nitrogen functional groups attached to an aromatic ring is 1. The first kappa shape index (κ1) is 14.6. The van der Waals surface area contributed by atoms with Crippen LogP contribution in [-0.4, -0.2) is 31.6 Å². The zero-order chi connectivity index (χ0) is 14.3. The van der Waals surface area contributed by atoms with Crippen molar-refractivity contribution >= 4 is 32.2 Å². The Hall–Kier alpha value is -0.820. The summed E-state index contributed by atoms with van der Waals surface area (Å²) in [5.74, 6) is 0.276. The van der Waals surface area contributed by atoms with Crippen LogP contribution in [0.15, 0.2) is 4.90 Å². The maximum Gasteiger partial charge on any atom is 0.185 e. The molecule has 0 unspecified atom stereocenters. The number of anilines is 2. The van der Waals surface area contributed by atoms with Crippen molar-refractivity contribution < 1.29 is 8.42 Å². The molecule has 0 radical (unpaired) electrons. The van der Waals surface area contributed by atoms with Gasteiger partial charge in [0.25, 0.3) is 0 Å². The minimum Gasteiger partial charge on any atom is -0.382 e. The summed E-state index contributed by atoms with van der Waals surface area (Å²) in [6, 6.07) is 0.